The van der Waals surface area contributed by atoms with Crippen LogP contribution in [-0.2, 0) is 4.74 Å². The molecule has 0 aromatic heterocycles. The van der Waals surface area contributed by atoms with E-state index in [9.17, 15) is 4.79 Å². The monoisotopic (exact) mass is 373 g/mol. The molecule has 0 unspecified atom stereocenters. The Balaban J connectivity index is 1.97. The van der Waals surface area contributed by atoms with Crippen LogP contribution in [0.15, 0.2) is 9.67 Å². The Kier molecular flexibility index (Phi) is 3.98. The second kappa shape index (κ2) is 4.97. The van der Waals surface area contributed by atoms with Gasteiger partial charge in [0.1, 0.15) is 0 Å². The van der Waals surface area contributed by atoms with Crippen molar-refractivity contribution in [2.75, 3.05) is 13.1 Å². The first-order valence-corrected chi connectivity index (χ1v) is 17.2. The van der Waals surface area contributed by atoms with E-state index < -0.39 is 24.0 Å². The van der Waals surface area contributed by atoms with Gasteiger partial charge in [0, 0.05) is 0 Å². The molecule has 1 heterocycles. The molecular formula is C15H27NO2Sn. The summed E-state index contributed by atoms with van der Waals surface area (Å²) in [4.78, 5) is 21.4. The summed E-state index contributed by atoms with van der Waals surface area (Å²) in [6.45, 7) is 7.50. The first-order valence-electron chi connectivity index (χ1n) is 7.25. The minimum atomic E-state index is -1.88. The van der Waals surface area contributed by atoms with Crippen molar-refractivity contribution in [3.8, 4) is 0 Å². The minimum absolute atomic E-state index is 0.142. The van der Waals surface area contributed by atoms with Crippen molar-refractivity contribution in [2.24, 2.45) is 11.8 Å². The van der Waals surface area contributed by atoms with Gasteiger partial charge in [-0.05, 0) is 0 Å². The average Bonchev–Trinajstić information content (AvgIpc) is 2.68. The zero-order valence-electron chi connectivity index (χ0n) is 13.1. The molecule has 3 nitrogen and oxygen atoms in total. The van der Waals surface area contributed by atoms with Gasteiger partial charge in [0.2, 0.25) is 0 Å². The zero-order valence-corrected chi connectivity index (χ0v) is 16.0. The van der Waals surface area contributed by atoms with Gasteiger partial charge in [-0.15, -0.1) is 0 Å². The fourth-order valence-electron chi connectivity index (χ4n) is 2.94. The van der Waals surface area contributed by atoms with Crippen LogP contribution in [0.25, 0.3) is 0 Å². The normalized spacial score (nSPS) is 27.3. The van der Waals surface area contributed by atoms with Crippen LogP contribution in [0.3, 0.4) is 0 Å². The summed E-state index contributed by atoms with van der Waals surface area (Å²) in [6, 6.07) is 0. The van der Waals surface area contributed by atoms with E-state index in [0.29, 0.717) is 11.8 Å². The van der Waals surface area contributed by atoms with Crippen molar-refractivity contribution in [1.82, 2.24) is 4.90 Å². The Bertz CT molecular complexity index is 403. The second-order valence-electron chi connectivity index (χ2n) is 7.96. The van der Waals surface area contributed by atoms with Gasteiger partial charge in [0.25, 0.3) is 0 Å². The topological polar surface area (TPSA) is 29.5 Å². The Morgan fingerprint density at radius 1 is 1.32 bits per heavy atom. The molecule has 1 amide bonds. The van der Waals surface area contributed by atoms with E-state index in [0.717, 1.165) is 13.1 Å². The zero-order chi connectivity index (χ0) is 14.4. The van der Waals surface area contributed by atoms with E-state index in [1.54, 1.807) is 3.59 Å². The number of hydrogen-bond donors (Lipinski definition) is 0. The SMILES string of the molecule is CC(C)(C)OC(=O)N1C[C@H]2C[C]([Sn]([CH3])([CH3])[CH3])=C[C@H]2C1. The van der Waals surface area contributed by atoms with Crippen LogP contribution in [-0.4, -0.2) is 48.1 Å². The molecule has 0 spiro atoms. The number of allylic oxidation sites excluding steroid dienone is 1. The molecular weight excluding hydrogens is 345 g/mol. The quantitative estimate of drug-likeness (QED) is 0.658. The number of hydrogen-bond acceptors (Lipinski definition) is 2. The maximum absolute atomic E-state index is 12.1. The third-order valence-electron chi connectivity index (χ3n) is 4.00. The van der Waals surface area contributed by atoms with Gasteiger partial charge in [-0.25, -0.2) is 0 Å². The van der Waals surface area contributed by atoms with Gasteiger partial charge in [0.15, 0.2) is 0 Å². The summed E-state index contributed by atoms with van der Waals surface area (Å²) in [6.07, 6.45) is 3.57. The molecule has 1 aliphatic heterocycles. The number of ether oxygens (including phenoxy) is 1. The van der Waals surface area contributed by atoms with Crippen LogP contribution in [0, 0.1) is 11.8 Å². The van der Waals surface area contributed by atoms with Crippen LogP contribution in [0.4, 0.5) is 4.79 Å². The predicted molar refractivity (Wildman–Crippen MR) is 80.8 cm³/mol. The van der Waals surface area contributed by atoms with E-state index in [1.165, 1.54) is 6.42 Å². The van der Waals surface area contributed by atoms with E-state index in [2.05, 4.69) is 20.9 Å². The molecule has 1 saturated heterocycles. The first kappa shape index (κ1) is 15.2. The Hall–Kier alpha value is -0.191. The van der Waals surface area contributed by atoms with Crippen LogP contribution in [0.2, 0.25) is 14.8 Å². The standard InChI is InChI=1S/C12H18NO2.3CH3.Sn/c1-12(2,3)15-11(14)13-7-9-5-4-6-10(9)8-13;;;;/h5,9-10H,6-8H2,1-3H3;3*1H3;/t9-,10+;;;;/m0..../s1. The summed E-state index contributed by atoms with van der Waals surface area (Å²) in [5, 5.41) is 0. The molecule has 0 aromatic rings. The molecule has 2 atom stereocenters. The number of nitrogens with zero attached hydrogens (tertiary/aromatic N) is 1. The van der Waals surface area contributed by atoms with Crippen LogP contribution < -0.4 is 0 Å². The van der Waals surface area contributed by atoms with Gasteiger partial charge in [-0.1, -0.05) is 0 Å². The Morgan fingerprint density at radius 3 is 2.42 bits per heavy atom. The fourth-order valence-corrected chi connectivity index (χ4v) is 7.48. The number of likely N-dealkylation sites (tertiary alicyclic amines) is 1. The number of carbonyl (C=O) groups excluding carboxylic acids is 1. The van der Waals surface area contributed by atoms with Gasteiger partial charge < -0.3 is 0 Å². The van der Waals surface area contributed by atoms with Crippen LogP contribution in [0.1, 0.15) is 27.2 Å². The van der Waals surface area contributed by atoms with Gasteiger partial charge in [0.05, 0.1) is 0 Å². The molecule has 19 heavy (non-hydrogen) atoms. The fraction of sp³-hybridized carbons (Fsp3) is 0.800. The van der Waals surface area contributed by atoms with E-state index in [-0.39, 0.29) is 6.09 Å². The number of rotatable bonds is 1. The van der Waals surface area contributed by atoms with Crippen molar-refractivity contribution < 1.29 is 9.53 Å². The summed E-state index contributed by atoms with van der Waals surface area (Å²) in [5.41, 5.74) is -0.391. The van der Waals surface area contributed by atoms with Gasteiger partial charge in [-0.3, -0.25) is 0 Å². The summed E-state index contributed by atoms with van der Waals surface area (Å²) in [5.74, 6) is 1.23. The summed E-state index contributed by atoms with van der Waals surface area (Å²) >= 11 is -1.88. The predicted octanol–water partition coefficient (Wildman–Crippen LogP) is 3.68. The molecule has 2 aliphatic rings. The maximum atomic E-state index is 12.1. The van der Waals surface area contributed by atoms with E-state index >= 15 is 0 Å². The summed E-state index contributed by atoms with van der Waals surface area (Å²) < 4.78 is 7.22. The van der Waals surface area contributed by atoms with Crippen molar-refractivity contribution in [2.45, 2.75) is 47.6 Å². The average molecular weight is 372 g/mol. The molecule has 0 saturated carbocycles. The molecule has 1 aliphatic carbocycles. The van der Waals surface area contributed by atoms with Crippen LogP contribution >= 0.6 is 0 Å². The molecule has 0 radical (unpaired) electrons. The number of fused-ring (bicyclic) bond motifs is 1. The van der Waals surface area contributed by atoms with Crippen molar-refractivity contribution >= 4 is 24.5 Å². The molecule has 0 aromatic carbocycles. The van der Waals surface area contributed by atoms with Gasteiger partial charge in [-0.2, -0.15) is 0 Å². The molecule has 1 fully saturated rings. The van der Waals surface area contributed by atoms with Crippen molar-refractivity contribution in [3.63, 3.8) is 0 Å². The first-order chi connectivity index (χ1) is 8.56. The van der Waals surface area contributed by atoms with Crippen LogP contribution in [0.5, 0.6) is 0 Å². The molecule has 108 valence electrons. The Morgan fingerprint density at radius 2 is 1.95 bits per heavy atom. The summed E-state index contributed by atoms with van der Waals surface area (Å²) in [7, 11) is 0. The Labute approximate surface area is 121 Å². The van der Waals surface area contributed by atoms with Gasteiger partial charge >= 0.3 is 121 Å². The van der Waals surface area contributed by atoms with E-state index in [4.69, 9.17) is 4.74 Å². The van der Waals surface area contributed by atoms with E-state index in [1.807, 2.05) is 25.7 Å². The third-order valence-corrected chi connectivity index (χ3v) is 10.6. The molecule has 0 N–H and O–H groups in total. The molecule has 4 heteroatoms. The molecule has 0 bridgehead atoms. The van der Waals surface area contributed by atoms with Crippen molar-refractivity contribution in [3.05, 3.63) is 9.67 Å². The third kappa shape index (κ3) is 3.67. The number of carbonyl (C=O) groups is 1. The van der Waals surface area contributed by atoms with Crippen molar-refractivity contribution in [1.29, 1.82) is 0 Å². The number of amides is 1. The second-order valence-corrected chi connectivity index (χ2v) is 22.6. The molecule has 2 rings (SSSR count).